The van der Waals surface area contributed by atoms with Gasteiger partial charge in [0.15, 0.2) is 0 Å². The Bertz CT molecular complexity index is 704. The van der Waals surface area contributed by atoms with E-state index in [2.05, 4.69) is 20.4 Å². The van der Waals surface area contributed by atoms with Gasteiger partial charge in [-0.15, -0.1) is 0 Å². The minimum atomic E-state index is -0.350. The van der Waals surface area contributed by atoms with E-state index in [-0.39, 0.29) is 5.91 Å². The van der Waals surface area contributed by atoms with Crippen molar-refractivity contribution >= 4 is 28.6 Å². The predicted molar refractivity (Wildman–Crippen MR) is 71.7 cm³/mol. The number of aromatic amines is 1. The lowest BCUT2D eigenvalue weighted by atomic mass is 10.3. The summed E-state index contributed by atoms with van der Waals surface area (Å²) in [5, 5.41) is 6.59. The molecule has 4 N–H and O–H groups in total. The zero-order chi connectivity index (χ0) is 13.4. The predicted octanol–water partition coefficient (Wildman–Crippen LogP) is 1.13. The smallest absolute Gasteiger partial charge is 0.278 e. The molecule has 7 nitrogen and oxygen atoms in total. The molecule has 0 bridgehead atoms. The van der Waals surface area contributed by atoms with E-state index in [0.29, 0.717) is 17.3 Å². The highest BCUT2D eigenvalue weighted by Gasteiger charge is 2.16. The lowest BCUT2D eigenvalue weighted by Gasteiger charge is -2.02. The van der Waals surface area contributed by atoms with Gasteiger partial charge in [-0.2, -0.15) is 5.10 Å². The third kappa shape index (κ3) is 1.90. The number of hydrogen-bond donors (Lipinski definition) is 3. The Hall–Kier alpha value is -2.83. The van der Waals surface area contributed by atoms with Gasteiger partial charge in [0.25, 0.3) is 5.91 Å². The van der Waals surface area contributed by atoms with Crippen molar-refractivity contribution in [1.29, 1.82) is 0 Å². The van der Waals surface area contributed by atoms with Crippen LogP contribution in [0.1, 0.15) is 10.5 Å². The molecule has 2 aromatic heterocycles. The number of nitrogen functional groups attached to an aromatic ring is 1. The number of carbonyl (C=O) groups is 1. The number of nitrogens with zero attached hydrogens (tertiary/aromatic N) is 3. The Morgan fingerprint density at radius 1 is 1.42 bits per heavy atom. The number of aryl methyl sites for hydroxylation is 1. The molecule has 7 heteroatoms. The maximum Gasteiger partial charge on any atom is 0.278 e. The summed E-state index contributed by atoms with van der Waals surface area (Å²) in [6.07, 6.45) is 1.44. The van der Waals surface area contributed by atoms with Crippen molar-refractivity contribution in [1.82, 2.24) is 19.7 Å². The topological polar surface area (TPSA) is 102 Å². The van der Waals surface area contributed by atoms with Crippen LogP contribution in [0.4, 0.5) is 11.6 Å². The molecule has 0 saturated heterocycles. The summed E-state index contributed by atoms with van der Waals surface area (Å²) < 4.78 is 1.42. The molecule has 0 saturated carbocycles. The number of rotatable bonds is 2. The number of nitrogens with one attached hydrogen (secondary N) is 2. The number of benzene rings is 1. The average Bonchev–Trinajstić information content (AvgIpc) is 2.92. The van der Waals surface area contributed by atoms with Gasteiger partial charge in [0.05, 0.1) is 22.9 Å². The van der Waals surface area contributed by atoms with E-state index in [1.54, 1.807) is 7.05 Å². The van der Waals surface area contributed by atoms with E-state index in [1.807, 2.05) is 24.3 Å². The van der Waals surface area contributed by atoms with E-state index in [4.69, 9.17) is 5.73 Å². The molecule has 3 rings (SSSR count). The Balaban J connectivity index is 1.91. The molecule has 0 spiro atoms. The fraction of sp³-hybridized carbons (Fsp3) is 0.0833. The van der Waals surface area contributed by atoms with Gasteiger partial charge in [-0.3, -0.25) is 14.8 Å². The van der Waals surface area contributed by atoms with Crippen molar-refractivity contribution in [3.8, 4) is 0 Å². The molecule has 3 aromatic rings. The van der Waals surface area contributed by atoms with Gasteiger partial charge < -0.3 is 10.7 Å². The SMILES string of the molecule is Cn1ncc(N)c1C(=O)Nc1nc2ccccc2[nH]1. The van der Waals surface area contributed by atoms with Crippen LogP contribution in [0, 0.1) is 0 Å². The van der Waals surface area contributed by atoms with Crippen LogP contribution in [0.15, 0.2) is 30.5 Å². The first kappa shape index (κ1) is 11.3. The first-order chi connectivity index (χ1) is 9.15. The summed E-state index contributed by atoms with van der Waals surface area (Å²) in [6.45, 7) is 0. The van der Waals surface area contributed by atoms with Crippen LogP contribution in [-0.2, 0) is 7.05 Å². The molecule has 0 unspecified atom stereocenters. The molecule has 0 aliphatic rings. The van der Waals surface area contributed by atoms with Crippen molar-refractivity contribution < 1.29 is 4.79 Å². The zero-order valence-electron chi connectivity index (χ0n) is 10.2. The fourth-order valence-electron chi connectivity index (χ4n) is 1.91. The number of fused-ring (bicyclic) bond motifs is 1. The minimum absolute atomic E-state index is 0.306. The largest absolute Gasteiger partial charge is 0.396 e. The number of amides is 1. The monoisotopic (exact) mass is 256 g/mol. The number of carbonyl (C=O) groups excluding carboxylic acids is 1. The normalized spacial score (nSPS) is 10.8. The highest BCUT2D eigenvalue weighted by atomic mass is 16.2. The van der Waals surface area contributed by atoms with Crippen LogP contribution in [0.5, 0.6) is 0 Å². The van der Waals surface area contributed by atoms with Gasteiger partial charge in [0.2, 0.25) is 5.95 Å². The van der Waals surface area contributed by atoms with Crippen LogP contribution >= 0.6 is 0 Å². The lowest BCUT2D eigenvalue weighted by molar-refractivity contribution is 0.101. The number of aromatic nitrogens is 4. The molecule has 0 radical (unpaired) electrons. The molecule has 1 aromatic carbocycles. The van der Waals surface area contributed by atoms with E-state index in [9.17, 15) is 4.79 Å². The molecule has 0 atom stereocenters. The number of para-hydroxylation sites is 2. The van der Waals surface area contributed by atoms with E-state index >= 15 is 0 Å². The van der Waals surface area contributed by atoms with Crippen molar-refractivity contribution in [3.63, 3.8) is 0 Å². The summed E-state index contributed by atoms with van der Waals surface area (Å²) in [7, 11) is 1.66. The Kier molecular flexibility index (Phi) is 2.45. The number of anilines is 2. The number of nitrogens with two attached hydrogens (primary N) is 1. The molecule has 96 valence electrons. The van der Waals surface area contributed by atoms with Gasteiger partial charge in [0, 0.05) is 7.05 Å². The summed E-state index contributed by atoms with van der Waals surface area (Å²) in [5.41, 5.74) is 7.98. The Labute approximate surface area is 108 Å². The quantitative estimate of drug-likeness (QED) is 0.639. The average molecular weight is 256 g/mol. The fourth-order valence-corrected chi connectivity index (χ4v) is 1.91. The molecular formula is C12H12N6O. The number of imidazole rings is 1. The molecular weight excluding hydrogens is 244 g/mol. The van der Waals surface area contributed by atoms with Crippen molar-refractivity contribution in [3.05, 3.63) is 36.2 Å². The summed E-state index contributed by atoms with van der Waals surface area (Å²) in [4.78, 5) is 19.4. The standard InChI is InChI=1S/C12H12N6O/c1-18-10(7(13)6-14-18)11(19)17-12-15-8-4-2-3-5-9(8)16-12/h2-6H,13H2,1H3,(H2,15,16,17,19). The van der Waals surface area contributed by atoms with E-state index in [0.717, 1.165) is 11.0 Å². The van der Waals surface area contributed by atoms with Crippen LogP contribution < -0.4 is 11.1 Å². The maximum atomic E-state index is 12.1. The van der Waals surface area contributed by atoms with Crippen LogP contribution in [0.2, 0.25) is 0 Å². The molecule has 2 heterocycles. The molecule has 0 aliphatic carbocycles. The first-order valence-corrected chi connectivity index (χ1v) is 5.69. The van der Waals surface area contributed by atoms with Crippen LogP contribution in [-0.4, -0.2) is 25.7 Å². The van der Waals surface area contributed by atoms with Gasteiger partial charge in [-0.05, 0) is 12.1 Å². The second kappa shape index (κ2) is 4.13. The highest BCUT2D eigenvalue weighted by molar-refractivity contribution is 6.06. The Morgan fingerprint density at radius 2 is 2.21 bits per heavy atom. The lowest BCUT2D eigenvalue weighted by Crippen LogP contribution is -2.18. The zero-order valence-corrected chi connectivity index (χ0v) is 10.2. The molecule has 19 heavy (non-hydrogen) atoms. The minimum Gasteiger partial charge on any atom is -0.396 e. The molecule has 0 aliphatic heterocycles. The van der Waals surface area contributed by atoms with Crippen molar-refractivity contribution in [2.45, 2.75) is 0 Å². The maximum absolute atomic E-state index is 12.1. The van der Waals surface area contributed by atoms with Gasteiger partial charge >= 0.3 is 0 Å². The first-order valence-electron chi connectivity index (χ1n) is 5.69. The van der Waals surface area contributed by atoms with Gasteiger partial charge in [-0.1, -0.05) is 12.1 Å². The van der Waals surface area contributed by atoms with Gasteiger partial charge in [-0.25, -0.2) is 4.98 Å². The van der Waals surface area contributed by atoms with Gasteiger partial charge in [0.1, 0.15) is 5.69 Å². The third-order valence-electron chi connectivity index (χ3n) is 2.80. The molecule has 0 fully saturated rings. The number of hydrogen-bond acceptors (Lipinski definition) is 4. The van der Waals surface area contributed by atoms with Crippen molar-refractivity contribution in [2.24, 2.45) is 7.05 Å². The van der Waals surface area contributed by atoms with Crippen LogP contribution in [0.3, 0.4) is 0 Å². The summed E-state index contributed by atoms with van der Waals surface area (Å²) >= 11 is 0. The van der Waals surface area contributed by atoms with Crippen molar-refractivity contribution in [2.75, 3.05) is 11.1 Å². The summed E-state index contributed by atoms with van der Waals surface area (Å²) in [5.74, 6) is 0.0309. The van der Waals surface area contributed by atoms with E-state index in [1.165, 1.54) is 10.9 Å². The second-order valence-electron chi connectivity index (χ2n) is 4.13. The van der Waals surface area contributed by atoms with Crippen LogP contribution in [0.25, 0.3) is 11.0 Å². The summed E-state index contributed by atoms with van der Waals surface area (Å²) in [6, 6.07) is 7.52. The number of H-pyrrole nitrogens is 1. The van der Waals surface area contributed by atoms with E-state index < -0.39 is 0 Å². The second-order valence-corrected chi connectivity index (χ2v) is 4.13. The third-order valence-corrected chi connectivity index (χ3v) is 2.80. The Morgan fingerprint density at radius 3 is 2.89 bits per heavy atom. The molecule has 1 amide bonds. The highest BCUT2D eigenvalue weighted by Crippen LogP contribution is 2.15.